The lowest BCUT2D eigenvalue weighted by atomic mass is 10.0. The molecule has 0 heterocycles. The van der Waals surface area contributed by atoms with Gasteiger partial charge >= 0.3 is 5.97 Å². The van der Waals surface area contributed by atoms with E-state index in [1.54, 1.807) is 6.07 Å². The summed E-state index contributed by atoms with van der Waals surface area (Å²) in [5.41, 5.74) is 1.82. The fourth-order valence-electron chi connectivity index (χ4n) is 1.63. The van der Waals surface area contributed by atoms with Crippen LogP contribution in [0.25, 0.3) is 0 Å². The second kappa shape index (κ2) is 6.26. The molecule has 0 unspecified atom stereocenters. The van der Waals surface area contributed by atoms with Crippen molar-refractivity contribution in [1.82, 2.24) is 0 Å². The lowest BCUT2D eigenvalue weighted by Gasteiger charge is -2.05. The molecule has 16 heavy (non-hydrogen) atoms. The van der Waals surface area contributed by atoms with Gasteiger partial charge in [0.2, 0.25) is 0 Å². The highest BCUT2D eigenvalue weighted by Gasteiger charge is 2.04. The summed E-state index contributed by atoms with van der Waals surface area (Å²) in [4.78, 5) is 10.3. The molecule has 3 heteroatoms. The van der Waals surface area contributed by atoms with Gasteiger partial charge in [0.25, 0.3) is 0 Å². The van der Waals surface area contributed by atoms with Crippen molar-refractivity contribution in [2.75, 3.05) is 0 Å². The Morgan fingerprint density at radius 1 is 1.38 bits per heavy atom. The van der Waals surface area contributed by atoms with Gasteiger partial charge in [-0.05, 0) is 42.9 Å². The average Bonchev–Trinajstić information content (AvgIpc) is 2.26. The van der Waals surface area contributed by atoms with Crippen LogP contribution in [0.3, 0.4) is 0 Å². The van der Waals surface area contributed by atoms with E-state index >= 15 is 0 Å². The second-order valence-electron chi connectivity index (χ2n) is 3.88. The minimum Gasteiger partial charge on any atom is -0.481 e. The van der Waals surface area contributed by atoms with Gasteiger partial charge in [-0.1, -0.05) is 19.1 Å². The highest BCUT2D eigenvalue weighted by molar-refractivity contribution is 5.66. The standard InChI is InChI=1S/C13H17FO2/c1-2-10-7-8-12(14)11(9-10)5-3-4-6-13(15)16/h7-9H,2-6H2,1H3,(H,15,16). The number of hydrogen-bond acceptors (Lipinski definition) is 1. The number of carbonyl (C=O) groups is 1. The van der Waals surface area contributed by atoms with Crippen molar-refractivity contribution in [3.63, 3.8) is 0 Å². The molecular formula is C13H17FO2. The maximum absolute atomic E-state index is 13.4. The third-order valence-electron chi connectivity index (χ3n) is 2.61. The summed E-state index contributed by atoms with van der Waals surface area (Å²) in [5.74, 6) is -0.977. The van der Waals surface area contributed by atoms with E-state index in [1.807, 2.05) is 13.0 Å². The van der Waals surface area contributed by atoms with E-state index in [-0.39, 0.29) is 12.2 Å². The third-order valence-corrected chi connectivity index (χ3v) is 2.61. The number of rotatable bonds is 6. The normalized spacial score (nSPS) is 10.4. The van der Waals surface area contributed by atoms with Crippen LogP contribution in [0.15, 0.2) is 18.2 Å². The second-order valence-corrected chi connectivity index (χ2v) is 3.88. The van der Waals surface area contributed by atoms with Gasteiger partial charge in [-0.3, -0.25) is 4.79 Å². The summed E-state index contributed by atoms with van der Waals surface area (Å²) in [5, 5.41) is 8.47. The predicted molar refractivity (Wildman–Crippen MR) is 61.0 cm³/mol. The van der Waals surface area contributed by atoms with Crippen LogP contribution in [0.5, 0.6) is 0 Å². The van der Waals surface area contributed by atoms with E-state index in [0.717, 1.165) is 18.4 Å². The SMILES string of the molecule is CCc1ccc(F)c(CCCCC(=O)O)c1. The Bertz CT molecular complexity index is 361. The fraction of sp³-hybridized carbons (Fsp3) is 0.462. The number of carboxylic acid groups (broad SMARTS) is 1. The van der Waals surface area contributed by atoms with E-state index in [1.165, 1.54) is 6.07 Å². The molecule has 0 aliphatic carbocycles. The fourth-order valence-corrected chi connectivity index (χ4v) is 1.63. The summed E-state index contributed by atoms with van der Waals surface area (Å²) >= 11 is 0. The van der Waals surface area contributed by atoms with E-state index in [2.05, 4.69) is 0 Å². The van der Waals surface area contributed by atoms with E-state index in [9.17, 15) is 9.18 Å². The van der Waals surface area contributed by atoms with Crippen molar-refractivity contribution in [2.24, 2.45) is 0 Å². The zero-order valence-corrected chi connectivity index (χ0v) is 9.50. The summed E-state index contributed by atoms with van der Waals surface area (Å²) in [6.07, 6.45) is 2.99. The van der Waals surface area contributed by atoms with Crippen LogP contribution in [-0.4, -0.2) is 11.1 Å². The molecule has 88 valence electrons. The number of halogens is 1. The summed E-state index contributed by atoms with van der Waals surface area (Å²) < 4.78 is 13.4. The number of aliphatic carboxylic acids is 1. The number of unbranched alkanes of at least 4 members (excludes halogenated alkanes) is 1. The van der Waals surface area contributed by atoms with Gasteiger partial charge in [-0.15, -0.1) is 0 Å². The Morgan fingerprint density at radius 3 is 2.75 bits per heavy atom. The lowest BCUT2D eigenvalue weighted by molar-refractivity contribution is -0.137. The molecule has 0 fully saturated rings. The van der Waals surface area contributed by atoms with Gasteiger partial charge in [0.15, 0.2) is 0 Å². The molecule has 0 aliphatic rings. The molecule has 1 aromatic carbocycles. The van der Waals surface area contributed by atoms with Gasteiger partial charge in [-0.2, -0.15) is 0 Å². The first-order chi connectivity index (χ1) is 7.63. The van der Waals surface area contributed by atoms with Gasteiger partial charge in [0, 0.05) is 6.42 Å². The molecule has 0 saturated heterocycles. The molecule has 0 aromatic heterocycles. The molecular weight excluding hydrogens is 207 g/mol. The van der Waals surface area contributed by atoms with Gasteiger partial charge in [0.1, 0.15) is 5.82 Å². The van der Waals surface area contributed by atoms with Crippen LogP contribution in [0.4, 0.5) is 4.39 Å². The van der Waals surface area contributed by atoms with E-state index < -0.39 is 5.97 Å². The Balaban J connectivity index is 2.49. The number of hydrogen-bond donors (Lipinski definition) is 1. The minimum absolute atomic E-state index is 0.162. The molecule has 1 N–H and O–H groups in total. The van der Waals surface area contributed by atoms with Crippen LogP contribution in [0.1, 0.15) is 37.3 Å². The zero-order chi connectivity index (χ0) is 12.0. The Labute approximate surface area is 95.1 Å². The van der Waals surface area contributed by atoms with Gasteiger partial charge < -0.3 is 5.11 Å². The summed E-state index contributed by atoms with van der Waals surface area (Å²) in [7, 11) is 0. The highest BCUT2D eigenvalue weighted by atomic mass is 19.1. The van der Waals surface area contributed by atoms with E-state index in [4.69, 9.17) is 5.11 Å². The molecule has 0 spiro atoms. The van der Waals surface area contributed by atoms with Crippen molar-refractivity contribution in [2.45, 2.75) is 39.0 Å². The maximum Gasteiger partial charge on any atom is 0.303 e. The van der Waals surface area contributed by atoms with E-state index in [0.29, 0.717) is 18.4 Å². The summed E-state index contributed by atoms with van der Waals surface area (Å²) in [6.45, 7) is 2.03. The molecule has 0 atom stereocenters. The van der Waals surface area contributed by atoms with Crippen molar-refractivity contribution in [3.8, 4) is 0 Å². The Hall–Kier alpha value is -1.38. The first kappa shape index (κ1) is 12.7. The first-order valence-corrected chi connectivity index (χ1v) is 5.62. The van der Waals surface area contributed by atoms with Gasteiger partial charge in [0.05, 0.1) is 0 Å². The number of aryl methyl sites for hydroxylation is 2. The molecule has 0 saturated carbocycles. The summed E-state index contributed by atoms with van der Waals surface area (Å²) in [6, 6.07) is 5.15. The number of benzene rings is 1. The van der Waals surface area contributed by atoms with Gasteiger partial charge in [-0.25, -0.2) is 4.39 Å². The van der Waals surface area contributed by atoms with Crippen molar-refractivity contribution >= 4 is 5.97 Å². The van der Waals surface area contributed by atoms with Crippen molar-refractivity contribution in [1.29, 1.82) is 0 Å². The largest absolute Gasteiger partial charge is 0.481 e. The van der Waals surface area contributed by atoms with Crippen LogP contribution >= 0.6 is 0 Å². The smallest absolute Gasteiger partial charge is 0.303 e. The monoisotopic (exact) mass is 224 g/mol. The zero-order valence-electron chi connectivity index (χ0n) is 9.50. The lowest BCUT2D eigenvalue weighted by Crippen LogP contribution is -1.97. The topological polar surface area (TPSA) is 37.3 Å². The molecule has 0 aliphatic heterocycles. The molecule has 1 rings (SSSR count). The molecule has 0 radical (unpaired) electrons. The highest BCUT2D eigenvalue weighted by Crippen LogP contribution is 2.14. The minimum atomic E-state index is -0.789. The molecule has 0 amide bonds. The molecule has 2 nitrogen and oxygen atoms in total. The quantitative estimate of drug-likeness (QED) is 0.753. The molecule has 1 aromatic rings. The number of carboxylic acids is 1. The average molecular weight is 224 g/mol. The van der Waals surface area contributed by atoms with Crippen LogP contribution in [-0.2, 0) is 17.6 Å². The Morgan fingerprint density at radius 2 is 2.12 bits per heavy atom. The van der Waals surface area contributed by atoms with Crippen LogP contribution in [0.2, 0.25) is 0 Å². The molecule has 0 bridgehead atoms. The van der Waals surface area contributed by atoms with Crippen LogP contribution in [0, 0.1) is 5.82 Å². The van der Waals surface area contributed by atoms with Crippen molar-refractivity contribution in [3.05, 3.63) is 35.1 Å². The maximum atomic E-state index is 13.4. The third kappa shape index (κ3) is 4.01. The Kier molecular flexibility index (Phi) is 4.96. The first-order valence-electron chi connectivity index (χ1n) is 5.62. The van der Waals surface area contributed by atoms with Crippen molar-refractivity contribution < 1.29 is 14.3 Å². The predicted octanol–water partition coefficient (Wildman–Crippen LogP) is 3.19. The van der Waals surface area contributed by atoms with Crippen LogP contribution < -0.4 is 0 Å².